The van der Waals surface area contributed by atoms with E-state index in [9.17, 15) is 0 Å². The molecule has 0 bridgehead atoms. The Hall–Kier alpha value is -0.160. The number of nitrogens with one attached hydrogen (secondary N) is 1. The first-order valence-electron chi connectivity index (χ1n) is 8.29. The second-order valence-electron chi connectivity index (χ2n) is 6.83. The molecule has 2 rings (SSSR count). The predicted molar refractivity (Wildman–Crippen MR) is 82.1 cm³/mol. The topological polar surface area (TPSA) is 33.7 Å². The smallest absolute Gasteiger partial charge is 0.0700 e. The molecule has 0 saturated carbocycles. The van der Waals surface area contributed by atoms with E-state index in [0.717, 1.165) is 52.4 Å². The van der Waals surface area contributed by atoms with Crippen LogP contribution in [0.25, 0.3) is 0 Å². The minimum Gasteiger partial charge on any atom is -0.381 e. The van der Waals surface area contributed by atoms with Gasteiger partial charge in [0.05, 0.1) is 19.3 Å². The zero-order valence-electron chi connectivity index (χ0n) is 13.5. The lowest BCUT2D eigenvalue weighted by Gasteiger charge is -2.43. The van der Waals surface area contributed by atoms with Crippen molar-refractivity contribution in [3.05, 3.63) is 0 Å². The van der Waals surface area contributed by atoms with E-state index in [1.54, 1.807) is 0 Å². The fraction of sp³-hybridized carbons (Fsp3) is 1.00. The molecule has 0 aromatic carbocycles. The second-order valence-corrected chi connectivity index (χ2v) is 6.83. The first kappa shape index (κ1) is 16.2. The van der Waals surface area contributed by atoms with Crippen molar-refractivity contribution < 1.29 is 9.47 Å². The van der Waals surface area contributed by atoms with E-state index >= 15 is 0 Å². The maximum Gasteiger partial charge on any atom is 0.0700 e. The highest BCUT2D eigenvalue weighted by Crippen LogP contribution is 2.30. The van der Waals surface area contributed by atoms with Gasteiger partial charge in [0.15, 0.2) is 0 Å². The van der Waals surface area contributed by atoms with Gasteiger partial charge in [0.25, 0.3) is 0 Å². The average molecular weight is 284 g/mol. The van der Waals surface area contributed by atoms with Gasteiger partial charge >= 0.3 is 0 Å². The number of hydrogen-bond donors (Lipinski definition) is 1. The summed E-state index contributed by atoms with van der Waals surface area (Å²) in [5, 5.41) is 3.63. The van der Waals surface area contributed by atoms with E-state index < -0.39 is 0 Å². The summed E-state index contributed by atoms with van der Waals surface area (Å²) in [4.78, 5) is 2.59. The van der Waals surface area contributed by atoms with Crippen molar-refractivity contribution in [1.82, 2.24) is 10.2 Å². The van der Waals surface area contributed by atoms with Crippen molar-refractivity contribution in [1.29, 1.82) is 0 Å². The lowest BCUT2D eigenvalue weighted by Crippen LogP contribution is -2.53. The fourth-order valence-electron chi connectivity index (χ4n) is 3.30. The van der Waals surface area contributed by atoms with Gasteiger partial charge in [0, 0.05) is 44.2 Å². The molecule has 2 fully saturated rings. The molecule has 2 heterocycles. The van der Waals surface area contributed by atoms with Gasteiger partial charge in [-0.1, -0.05) is 20.8 Å². The lowest BCUT2D eigenvalue weighted by atomic mass is 9.81. The van der Waals surface area contributed by atoms with Crippen LogP contribution in [0.5, 0.6) is 0 Å². The van der Waals surface area contributed by atoms with E-state index in [1.807, 2.05) is 0 Å². The summed E-state index contributed by atoms with van der Waals surface area (Å²) in [6, 6.07) is 0.543. The lowest BCUT2D eigenvalue weighted by molar-refractivity contribution is -0.0697. The monoisotopic (exact) mass is 284 g/mol. The maximum atomic E-state index is 5.81. The second kappa shape index (κ2) is 7.74. The number of ether oxygens (including phenoxy) is 2. The van der Waals surface area contributed by atoms with Crippen molar-refractivity contribution >= 4 is 0 Å². The molecule has 0 radical (unpaired) electrons. The molecule has 2 saturated heterocycles. The summed E-state index contributed by atoms with van der Waals surface area (Å²) >= 11 is 0. The largest absolute Gasteiger partial charge is 0.381 e. The highest BCUT2D eigenvalue weighted by atomic mass is 16.5. The summed E-state index contributed by atoms with van der Waals surface area (Å²) in [6.45, 7) is 13.7. The number of rotatable bonds is 6. The predicted octanol–water partition coefficient (Wildman–Crippen LogP) is 1.89. The van der Waals surface area contributed by atoms with Crippen LogP contribution in [-0.2, 0) is 9.47 Å². The summed E-state index contributed by atoms with van der Waals surface area (Å²) in [5.41, 5.74) is 0.290. The average Bonchev–Trinajstić information content (AvgIpc) is 2.46. The van der Waals surface area contributed by atoms with E-state index in [0.29, 0.717) is 12.1 Å². The van der Waals surface area contributed by atoms with Gasteiger partial charge in [0.1, 0.15) is 0 Å². The molecule has 4 heteroatoms. The van der Waals surface area contributed by atoms with Crippen LogP contribution in [0.3, 0.4) is 0 Å². The molecule has 2 atom stereocenters. The van der Waals surface area contributed by atoms with Gasteiger partial charge in [-0.25, -0.2) is 0 Å². The third-order valence-electron chi connectivity index (χ3n) is 4.53. The zero-order valence-corrected chi connectivity index (χ0v) is 13.5. The molecule has 0 aromatic heterocycles. The summed E-state index contributed by atoms with van der Waals surface area (Å²) in [6.07, 6.45) is 4.01. The van der Waals surface area contributed by atoms with Crippen molar-refractivity contribution in [2.75, 3.05) is 46.0 Å². The third kappa shape index (κ3) is 4.69. The minimum atomic E-state index is 0.290. The number of morpholine rings is 1. The Bertz CT molecular complexity index is 278. The van der Waals surface area contributed by atoms with E-state index in [-0.39, 0.29) is 5.41 Å². The van der Waals surface area contributed by atoms with Crippen LogP contribution in [0.4, 0.5) is 0 Å². The van der Waals surface area contributed by atoms with Gasteiger partial charge in [-0.05, 0) is 19.3 Å². The molecule has 118 valence electrons. The first-order chi connectivity index (χ1) is 9.63. The Morgan fingerprint density at radius 2 is 2.20 bits per heavy atom. The van der Waals surface area contributed by atoms with Crippen LogP contribution >= 0.6 is 0 Å². The molecule has 2 unspecified atom stereocenters. The van der Waals surface area contributed by atoms with E-state index in [1.165, 1.54) is 12.8 Å². The minimum absolute atomic E-state index is 0.290. The van der Waals surface area contributed by atoms with Crippen LogP contribution in [0.1, 0.15) is 40.0 Å². The Morgan fingerprint density at radius 3 is 2.85 bits per heavy atom. The van der Waals surface area contributed by atoms with Crippen molar-refractivity contribution in [3.8, 4) is 0 Å². The summed E-state index contributed by atoms with van der Waals surface area (Å²) < 4.78 is 11.6. The quantitative estimate of drug-likeness (QED) is 0.807. The summed E-state index contributed by atoms with van der Waals surface area (Å²) in [7, 11) is 0. The highest BCUT2D eigenvalue weighted by molar-refractivity contribution is 4.89. The van der Waals surface area contributed by atoms with Crippen LogP contribution in [0, 0.1) is 5.41 Å². The van der Waals surface area contributed by atoms with Crippen molar-refractivity contribution in [2.45, 2.75) is 52.2 Å². The van der Waals surface area contributed by atoms with Gasteiger partial charge in [0.2, 0.25) is 0 Å². The van der Waals surface area contributed by atoms with E-state index in [2.05, 4.69) is 31.0 Å². The van der Waals surface area contributed by atoms with Crippen molar-refractivity contribution in [2.24, 2.45) is 5.41 Å². The third-order valence-corrected chi connectivity index (χ3v) is 4.53. The SMILES string of the molecule is CCC1CN(CC2(CNC(C)C)CCCOC2)CCO1. The standard InChI is InChI=1S/C16H32N2O2/c1-4-15-10-18(7-9-20-15)12-16(11-17-14(2)3)6-5-8-19-13-16/h14-15,17H,4-13H2,1-3H3. The first-order valence-corrected chi connectivity index (χ1v) is 8.29. The molecule has 2 aliphatic heterocycles. The number of nitrogens with zero attached hydrogens (tertiary/aromatic N) is 1. The highest BCUT2D eigenvalue weighted by Gasteiger charge is 2.36. The molecule has 20 heavy (non-hydrogen) atoms. The molecule has 0 aliphatic carbocycles. The molecule has 0 aromatic rings. The number of hydrogen-bond acceptors (Lipinski definition) is 4. The molecule has 0 spiro atoms. The fourth-order valence-corrected chi connectivity index (χ4v) is 3.30. The normalized spacial score (nSPS) is 32.7. The van der Waals surface area contributed by atoms with Crippen LogP contribution < -0.4 is 5.32 Å². The maximum absolute atomic E-state index is 5.81. The summed E-state index contributed by atoms with van der Waals surface area (Å²) in [5.74, 6) is 0. The van der Waals surface area contributed by atoms with Crippen LogP contribution in [0.2, 0.25) is 0 Å². The van der Waals surface area contributed by atoms with Crippen molar-refractivity contribution in [3.63, 3.8) is 0 Å². The molecule has 4 nitrogen and oxygen atoms in total. The van der Waals surface area contributed by atoms with Gasteiger partial charge < -0.3 is 14.8 Å². The van der Waals surface area contributed by atoms with Gasteiger partial charge in [-0.2, -0.15) is 0 Å². The molecular formula is C16H32N2O2. The Morgan fingerprint density at radius 1 is 1.35 bits per heavy atom. The van der Waals surface area contributed by atoms with Gasteiger partial charge in [-0.3, -0.25) is 4.90 Å². The molecule has 2 aliphatic rings. The Kier molecular flexibility index (Phi) is 6.27. The van der Waals surface area contributed by atoms with E-state index in [4.69, 9.17) is 9.47 Å². The Labute approximate surface area is 124 Å². The zero-order chi connectivity index (χ0) is 14.4. The molecular weight excluding hydrogens is 252 g/mol. The van der Waals surface area contributed by atoms with Gasteiger partial charge in [-0.15, -0.1) is 0 Å². The van der Waals surface area contributed by atoms with Crippen LogP contribution in [0.15, 0.2) is 0 Å². The van der Waals surface area contributed by atoms with Crippen LogP contribution in [-0.4, -0.2) is 63.0 Å². The molecule has 0 amide bonds. The molecule has 1 N–H and O–H groups in total. The Balaban J connectivity index is 1.92.